The maximum Gasteiger partial charge on any atom is 0.220 e. The topological polar surface area (TPSA) is 56.7 Å². The fourth-order valence-corrected chi connectivity index (χ4v) is 3.98. The number of likely N-dealkylation sites (tertiary alicyclic amines) is 1. The molecular weight excluding hydrogens is 463 g/mol. The van der Waals surface area contributed by atoms with Crippen LogP contribution in [0.15, 0.2) is 35.3 Å². The van der Waals surface area contributed by atoms with Gasteiger partial charge in [0.15, 0.2) is 5.96 Å². The first-order chi connectivity index (χ1) is 13.1. The van der Waals surface area contributed by atoms with Gasteiger partial charge in [0.2, 0.25) is 5.91 Å². The lowest BCUT2D eigenvalue weighted by molar-refractivity contribution is -0.121. The van der Waals surface area contributed by atoms with Gasteiger partial charge in [0.05, 0.1) is 0 Å². The first-order valence-electron chi connectivity index (χ1n) is 10.4. The number of halogens is 1. The van der Waals surface area contributed by atoms with Crippen LogP contribution in [0.2, 0.25) is 0 Å². The van der Waals surface area contributed by atoms with Crippen molar-refractivity contribution in [3.63, 3.8) is 0 Å². The molecule has 0 radical (unpaired) electrons. The molecule has 1 heterocycles. The first kappa shape index (κ1) is 23.0. The molecule has 1 aromatic rings. The van der Waals surface area contributed by atoms with E-state index >= 15 is 0 Å². The number of amides is 1. The number of carbonyl (C=O) groups is 1. The van der Waals surface area contributed by atoms with E-state index < -0.39 is 0 Å². The lowest BCUT2D eigenvalue weighted by atomic mass is 9.93. The lowest BCUT2D eigenvalue weighted by Gasteiger charge is -2.34. The van der Waals surface area contributed by atoms with Gasteiger partial charge in [-0.3, -0.25) is 9.79 Å². The standard InChI is InChI=1S/C22H34N4O.HI/c1-3-24-21(26-13-9-18(10-14-26)15-20(27)23-2)25-17-22(11-12-22)16-19-7-5-4-6-8-19;/h4-8,18H,3,9-17H2,1-2H3,(H,23,27)(H,24,25);1H. The number of aliphatic imine (C=N–C) groups is 1. The van der Waals surface area contributed by atoms with Crippen molar-refractivity contribution in [2.24, 2.45) is 16.3 Å². The zero-order valence-corrected chi connectivity index (χ0v) is 19.6. The van der Waals surface area contributed by atoms with Crippen LogP contribution in [-0.4, -0.2) is 50.0 Å². The largest absolute Gasteiger partial charge is 0.359 e. The minimum absolute atomic E-state index is 0. The number of benzene rings is 1. The molecule has 1 amide bonds. The second-order valence-electron chi connectivity index (χ2n) is 8.14. The predicted molar refractivity (Wildman–Crippen MR) is 126 cm³/mol. The number of nitrogens with one attached hydrogen (secondary N) is 2. The van der Waals surface area contributed by atoms with Crippen molar-refractivity contribution in [1.82, 2.24) is 15.5 Å². The molecule has 1 aliphatic heterocycles. The van der Waals surface area contributed by atoms with Crippen LogP contribution in [0.5, 0.6) is 0 Å². The Morgan fingerprint density at radius 2 is 1.89 bits per heavy atom. The minimum atomic E-state index is 0. The highest BCUT2D eigenvalue weighted by Gasteiger charge is 2.42. The van der Waals surface area contributed by atoms with Gasteiger partial charge in [-0.1, -0.05) is 30.3 Å². The number of nitrogens with zero attached hydrogens (tertiary/aromatic N) is 2. The summed E-state index contributed by atoms with van der Waals surface area (Å²) in [7, 11) is 1.72. The molecule has 2 aliphatic rings. The summed E-state index contributed by atoms with van der Waals surface area (Å²) in [5, 5.41) is 6.22. The SMILES string of the molecule is CCNC(=NCC1(Cc2ccccc2)CC1)N1CCC(CC(=O)NC)CC1.I. The summed E-state index contributed by atoms with van der Waals surface area (Å²) < 4.78 is 0. The molecule has 0 unspecified atom stereocenters. The van der Waals surface area contributed by atoms with Crippen LogP contribution in [0.1, 0.15) is 44.6 Å². The summed E-state index contributed by atoms with van der Waals surface area (Å²) >= 11 is 0. The van der Waals surface area contributed by atoms with Crippen molar-refractivity contribution < 1.29 is 4.79 Å². The predicted octanol–water partition coefficient (Wildman–Crippen LogP) is 3.44. The Kier molecular flexibility index (Phi) is 9.05. The minimum Gasteiger partial charge on any atom is -0.359 e. The molecular formula is C22H35IN4O. The van der Waals surface area contributed by atoms with Gasteiger partial charge < -0.3 is 15.5 Å². The van der Waals surface area contributed by atoms with Crippen molar-refractivity contribution in [3.8, 4) is 0 Å². The van der Waals surface area contributed by atoms with E-state index in [0.717, 1.165) is 51.4 Å². The molecule has 28 heavy (non-hydrogen) atoms. The molecule has 5 nitrogen and oxygen atoms in total. The van der Waals surface area contributed by atoms with E-state index in [2.05, 4.69) is 52.8 Å². The second-order valence-corrected chi connectivity index (χ2v) is 8.14. The van der Waals surface area contributed by atoms with E-state index in [0.29, 0.717) is 17.8 Å². The van der Waals surface area contributed by atoms with Crippen LogP contribution in [-0.2, 0) is 11.2 Å². The number of piperidine rings is 1. The zero-order valence-electron chi connectivity index (χ0n) is 17.2. The molecule has 156 valence electrons. The molecule has 1 aromatic carbocycles. The third kappa shape index (κ3) is 6.64. The Morgan fingerprint density at radius 1 is 1.21 bits per heavy atom. The summed E-state index contributed by atoms with van der Waals surface area (Å²) in [6.07, 6.45) is 6.46. The van der Waals surface area contributed by atoms with Crippen LogP contribution in [0, 0.1) is 11.3 Å². The third-order valence-corrected chi connectivity index (χ3v) is 5.95. The highest BCUT2D eigenvalue weighted by atomic mass is 127. The van der Waals surface area contributed by atoms with Crippen LogP contribution in [0.3, 0.4) is 0 Å². The lowest BCUT2D eigenvalue weighted by Crippen LogP contribution is -2.46. The molecule has 1 saturated carbocycles. The summed E-state index contributed by atoms with van der Waals surface area (Å²) in [4.78, 5) is 19.0. The zero-order chi connectivity index (χ0) is 19.1. The maximum absolute atomic E-state index is 11.6. The highest BCUT2D eigenvalue weighted by Crippen LogP contribution is 2.48. The van der Waals surface area contributed by atoms with Crippen molar-refractivity contribution >= 4 is 35.8 Å². The Balaban J connectivity index is 0.00000280. The van der Waals surface area contributed by atoms with Crippen LogP contribution in [0.25, 0.3) is 0 Å². The quantitative estimate of drug-likeness (QED) is 0.344. The number of hydrogen-bond donors (Lipinski definition) is 2. The van der Waals surface area contributed by atoms with Gasteiger partial charge in [-0.25, -0.2) is 0 Å². The Hall–Kier alpha value is -1.31. The van der Waals surface area contributed by atoms with E-state index in [9.17, 15) is 4.79 Å². The van der Waals surface area contributed by atoms with Crippen molar-refractivity contribution in [3.05, 3.63) is 35.9 Å². The molecule has 2 fully saturated rings. The molecule has 3 rings (SSSR count). The number of hydrogen-bond acceptors (Lipinski definition) is 2. The first-order valence-corrected chi connectivity index (χ1v) is 10.4. The van der Waals surface area contributed by atoms with E-state index in [1.807, 2.05) is 0 Å². The Morgan fingerprint density at radius 3 is 2.46 bits per heavy atom. The smallest absolute Gasteiger partial charge is 0.220 e. The normalized spacial score (nSPS) is 18.9. The van der Waals surface area contributed by atoms with Gasteiger partial charge in [0, 0.05) is 39.6 Å². The molecule has 2 N–H and O–H groups in total. The van der Waals surface area contributed by atoms with E-state index in [4.69, 9.17) is 4.99 Å². The monoisotopic (exact) mass is 498 g/mol. The number of guanidine groups is 1. The average molecular weight is 498 g/mol. The van der Waals surface area contributed by atoms with Gasteiger partial charge in [0.1, 0.15) is 0 Å². The Labute approximate surface area is 186 Å². The van der Waals surface area contributed by atoms with Crippen LogP contribution in [0.4, 0.5) is 0 Å². The van der Waals surface area contributed by atoms with Crippen molar-refractivity contribution in [2.75, 3.05) is 33.2 Å². The third-order valence-electron chi connectivity index (χ3n) is 5.95. The summed E-state index contributed by atoms with van der Waals surface area (Å²) in [5.74, 6) is 1.71. The molecule has 0 spiro atoms. The maximum atomic E-state index is 11.6. The van der Waals surface area contributed by atoms with E-state index in [-0.39, 0.29) is 29.9 Å². The number of rotatable bonds is 7. The summed E-state index contributed by atoms with van der Waals surface area (Å²) in [5.41, 5.74) is 1.78. The van der Waals surface area contributed by atoms with Gasteiger partial charge in [-0.2, -0.15) is 0 Å². The number of carbonyl (C=O) groups excluding carboxylic acids is 1. The van der Waals surface area contributed by atoms with Crippen molar-refractivity contribution in [2.45, 2.75) is 45.4 Å². The molecule has 0 bridgehead atoms. The average Bonchev–Trinajstić information content (AvgIpc) is 3.46. The fraction of sp³-hybridized carbons (Fsp3) is 0.636. The van der Waals surface area contributed by atoms with Gasteiger partial charge in [-0.15, -0.1) is 24.0 Å². The fourth-order valence-electron chi connectivity index (χ4n) is 3.98. The van der Waals surface area contributed by atoms with E-state index in [1.165, 1.54) is 18.4 Å². The summed E-state index contributed by atoms with van der Waals surface area (Å²) in [6.45, 7) is 5.90. The van der Waals surface area contributed by atoms with Crippen LogP contribution < -0.4 is 10.6 Å². The van der Waals surface area contributed by atoms with Crippen LogP contribution >= 0.6 is 24.0 Å². The second kappa shape index (κ2) is 11.0. The molecule has 0 aromatic heterocycles. The van der Waals surface area contributed by atoms with Gasteiger partial charge in [0.25, 0.3) is 0 Å². The van der Waals surface area contributed by atoms with Gasteiger partial charge >= 0.3 is 0 Å². The molecule has 1 aliphatic carbocycles. The molecule has 1 saturated heterocycles. The summed E-state index contributed by atoms with van der Waals surface area (Å²) in [6, 6.07) is 10.8. The Bertz CT molecular complexity index is 637. The molecule has 0 atom stereocenters. The highest BCUT2D eigenvalue weighted by molar-refractivity contribution is 14.0. The molecule has 6 heteroatoms. The van der Waals surface area contributed by atoms with E-state index in [1.54, 1.807) is 7.05 Å². The van der Waals surface area contributed by atoms with Gasteiger partial charge in [-0.05, 0) is 55.9 Å². The van der Waals surface area contributed by atoms with Crippen molar-refractivity contribution in [1.29, 1.82) is 0 Å².